The normalized spacial score (nSPS) is 10.2. The van der Waals surface area contributed by atoms with E-state index in [1.165, 1.54) is 6.07 Å². The highest BCUT2D eigenvalue weighted by Gasteiger charge is 2.08. The molecule has 20 heavy (non-hydrogen) atoms. The van der Waals surface area contributed by atoms with Crippen molar-refractivity contribution in [3.8, 4) is 11.4 Å². The van der Waals surface area contributed by atoms with E-state index in [1.807, 2.05) is 0 Å². The molecule has 0 saturated carbocycles. The number of rotatable bonds is 5. The van der Waals surface area contributed by atoms with E-state index in [1.54, 1.807) is 42.1 Å². The molecule has 0 fully saturated rings. The zero-order valence-corrected chi connectivity index (χ0v) is 11.5. The van der Waals surface area contributed by atoms with Crippen LogP contribution < -0.4 is 10.3 Å². The van der Waals surface area contributed by atoms with Crippen molar-refractivity contribution < 1.29 is 14.6 Å². The van der Waals surface area contributed by atoms with Gasteiger partial charge >= 0.3 is 5.97 Å². The summed E-state index contributed by atoms with van der Waals surface area (Å²) in [6, 6.07) is 8.48. The van der Waals surface area contributed by atoms with E-state index < -0.39 is 11.5 Å². The van der Waals surface area contributed by atoms with Crippen molar-refractivity contribution in [2.45, 2.75) is 5.16 Å². The molecule has 0 aliphatic carbocycles. The van der Waals surface area contributed by atoms with Gasteiger partial charge in [-0.3, -0.25) is 14.2 Å². The Labute approximate surface area is 119 Å². The number of carboxylic acid groups (broad SMARTS) is 1. The molecule has 1 heterocycles. The number of benzene rings is 1. The average molecular weight is 292 g/mol. The Balaban J connectivity index is 2.38. The number of nitrogens with zero attached hydrogens (tertiary/aromatic N) is 2. The lowest BCUT2D eigenvalue weighted by Crippen LogP contribution is -2.13. The van der Waals surface area contributed by atoms with Gasteiger partial charge in [0.1, 0.15) is 5.75 Å². The molecule has 2 aromatic rings. The third-order valence-corrected chi connectivity index (χ3v) is 3.39. The molecule has 0 bridgehead atoms. The summed E-state index contributed by atoms with van der Waals surface area (Å²) in [6.45, 7) is 0. The molecule has 0 radical (unpaired) electrons. The molecule has 0 amide bonds. The number of aliphatic carboxylic acids is 1. The molecule has 1 N–H and O–H groups in total. The van der Waals surface area contributed by atoms with Gasteiger partial charge in [0.05, 0.1) is 12.9 Å². The summed E-state index contributed by atoms with van der Waals surface area (Å²) in [6.07, 6.45) is 1.57. The van der Waals surface area contributed by atoms with Gasteiger partial charge in [0.25, 0.3) is 5.56 Å². The van der Waals surface area contributed by atoms with E-state index >= 15 is 0 Å². The zero-order chi connectivity index (χ0) is 14.5. The number of carbonyl (C=O) groups is 1. The SMILES string of the molecule is COc1ccc(-n2ccc(=O)nc2SCC(=O)O)cc1. The van der Waals surface area contributed by atoms with Crippen LogP contribution in [-0.2, 0) is 4.79 Å². The predicted molar refractivity (Wildman–Crippen MR) is 74.7 cm³/mol. The van der Waals surface area contributed by atoms with Crippen molar-refractivity contribution in [2.24, 2.45) is 0 Å². The number of carboxylic acids is 1. The van der Waals surface area contributed by atoms with E-state index in [0.29, 0.717) is 10.9 Å². The summed E-state index contributed by atoms with van der Waals surface area (Å²) in [5.41, 5.74) is 0.369. The Morgan fingerprint density at radius 1 is 1.35 bits per heavy atom. The maximum Gasteiger partial charge on any atom is 0.313 e. The van der Waals surface area contributed by atoms with E-state index in [2.05, 4.69) is 4.98 Å². The summed E-state index contributed by atoms with van der Waals surface area (Å²) in [5.74, 6) is -0.413. The Hall–Kier alpha value is -2.28. The number of aromatic nitrogens is 2. The number of thioether (sulfide) groups is 1. The third-order valence-electron chi connectivity index (χ3n) is 2.45. The highest BCUT2D eigenvalue weighted by atomic mass is 32.2. The van der Waals surface area contributed by atoms with Crippen LogP contribution in [0.4, 0.5) is 0 Å². The van der Waals surface area contributed by atoms with E-state index in [4.69, 9.17) is 9.84 Å². The summed E-state index contributed by atoms with van der Waals surface area (Å²) in [5, 5.41) is 9.06. The van der Waals surface area contributed by atoms with Crippen molar-refractivity contribution in [2.75, 3.05) is 12.9 Å². The van der Waals surface area contributed by atoms with Gasteiger partial charge in [0.15, 0.2) is 5.16 Å². The van der Waals surface area contributed by atoms with Gasteiger partial charge in [0, 0.05) is 18.0 Å². The van der Waals surface area contributed by atoms with Crippen LogP contribution in [0.2, 0.25) is 0 Å². The van der Waals surface area contributed by atoms with Gasteiger partial charge in [-0.15, -0.1) is 0 Å². The van der Waals surface area contributed by atoms with E-state index in [9.17, 15) is 9.59 Å². The maximum atomic E-state index is 11.3. The smallest absolute Gasteiger partial charge is 0.313 e. The number of methoxy groups -OCH3 is 1. The minimum absolute atomic E-state index is 0.160. The molecular weight excluding hydrogens is 280 g/mol. The van der Waals surface area contributed by atoms with Crippen LogP contribution in [0.15, 0.2) is 46.5 Å². The van der Waals surface area contributed by atoms with Crippen LogP contribution in [-0.4, -0.2) is 33.5 Å². The molecule has 0 unspecified atom stereocenters. The molecule has 6 nitrogen and oxygen atoms in total. The summed E-state index contributed by atoms with van der Waals surface area (Å²) in [7, 11) is 1.57. The van der Waals surface area contributed by atoms with Gasteiger partial charge < -0.3 is 9.84 Å². The van der Waals surface area contributed by atoms with E-state index in [0.717, 1.165) is 17.4 Å². The predicted octanol–water partition coefficient (Wildman–Crippen LogP) is 1.42. The minimum Gasteiger partial charge on any atom is -0.497 e. The molecule has 0 atom stereocenters. The van der Waals surface area contributed by atoms with Crippen LogP contribution in [0.3, 0.4) is 0 Å². The lowest BCUT2D eigenvalue weighted by atomic mass is 10.3. The lowest BCUT2D eigenvalue weighted by Gasteiger charge is -2.11. The van der Waals surface area contributed by atoms with Crippen LogP contribution in [0.1, 0.15) is 0 Å². The molecule has 0 aliphatic heterocycles. The fraction of sp³-hybridized carbons (Fsp3) is 0.154. The molecule has 0 spiro atoms. The molecule has 104 valence electrons. The van der Waals surface area contributed by atoms with Crippen molar-refractivity contribution in [3.05, 3.63) is 46.9 Å². The number of hydrogen-bond acceptors (Lipinski definition) is 5. The topological polar surface area (TPSA) is 81.4 Å². The van der Waals surface area contributed by atoms with Crippen molar-refractivity contribution >= 4 is 17.7 Å². The van der Waals surface area contributed by atoms with E-state index in [-0.39, 0.29) is 5.75 Å². The quantitative estimate of drug-likeness (QED) is 0.663. The minimum atomic E-state index is -0.964. The Bertz CT molecular complexity index is 667. The molecule has 2 rings (SSSR count). The molecule has 0 aliphatic rings. The van der Waals surface area contributed by atoms with Gasteiger partial charge in [-0.05, 0) is 24.3 Å². The van der Waals surface area contributed by atoms with Crippen LogP contribution in [0.5, 0.6) is 5.75 Å². The first-order valence-electron chi connectivity index (χ1n) is 5.69. The average Bonchev–Trinajstić information content (AvgIpc) is 2.45. The Morgan fingerprint density at radius 2 is 2.05 bits per heavy atom. The second-order valence-corrected chi connectivity index (χ2v) is 4.74. The standard InChI is InChI=1S/C13H12N2O4S/c1-19-10-4-2-9(3-5-10)15-7-6-11(16)14-13(15)20-8-12(17)18/h2-7H,8H2,1H3,(H,17,18). The maximum absolute atomic E-state index is 11.3. The van der Waals surface area contributed by atoms with Crippen molar-refractivity contribution in [3.63, 3.8) is 0 Å². The molecule has 7 heteroatoms. The Morgan fingerprint density at radius 3 is 2.65 bits per heavy atom. The van der Waals surface area contributed by atoms with Crippen molar-refractivity contribution in [1.82, 2.24) is 9.55 Å². The van der Waals surface area contributed by atoms with Crippen molar-refractivity contribution in [1.29, 1.82) is 0 Å². The van der Waals surface area contributed by atoms with Crippen LogP contribution in [0.25, 0.3) is 5.69 Å². The fourth-order valence-electron chi connectivity index (χ4n) is 1.55. The zero-order valence-electron chi connectivity index (χ0n) is 10.6. The largest absolute Gasteiger partial charge is 0.497 e. The van der Waals surface area contributed by atoms with Gasteiger partial charge in [-0.1, -0.05) is 11.8 Å². The molecule has 1 aromatic heterocycles. The second-order valence-electron chi connectivity index (χ2n) is 3.80. The third kappa shape index (κ3) is 3.39. The summed E-state index contributed by atoms with van der Waals surface area (Å²) < 4.78 is 6.74. The monoisotopic (exact) mass is 292 g/mol. The lowest BCUT2D eigenvalue weighted by molar-refractivity contribution is -0.133. The summed E-state index contributed by atoms with van der Waals surface area (Å²) in [4.78, 5) is 25.8. The first-order chi connectivity index (χ1) is 9.60. The molecular formula is C13H12N2O4S. The molecule has 0 saturated heterocycles. The van der Waals surface area contributed by atoms with Crippen LogP contribution in [0, 0.1) is 0 Å². The van der Waals surface area contributed by atoms with Gasteiger partial charge in [-0.2, -0.15) is 4.98 Å². The number of hydrogen-bond donors (Lipinski definition) is 1. The van der Waals surface area contributed by atoms with Crippen LogP contribution >= 0.6 is 11.8 Å². The second kappa shape index (κ2) is 6.25. The first kappa shape index (κ1) is 14.1. The number of ether oxygens (including phenoxy) is 1. The molecule has 1 aromatic carbocycles. The van der Waals surface area contributed by atoms with Gasteiger partial charge in [-0.25, -0.2) is 0 Å². The Kier molecular flexibility index (Phi) is 4.41. The van der Waals surface area contributed by atoms with Gasteiger partial charge in [0.2, 0.25) is 0 Å². The first-order valence-corrected chi connectivity index (χ1v) is 6.67. The summed E-state index contributed by atoms with van der Waals surface area (Å²) >= 11 is 0.995. The highest BCUT2D eigenvalue weighted by molar-refractivity contribution is 7.99. The fourth-order valence-corrected chi connectivity index (χ4v) is 2.27. The highest BCUT2D eigenvalue weighted by Crippen LogP contribution is 2.20.